The molecule has 4 N–H and O–H groups in total. The van der Waals surface area contributed by atoms with Crippen LogP contribution in [-0.4, -0.2) is 34.8 Å². The van der Waals surface area contributed by atoms with Crippen molar-refractivity contribution in [3.63, 3.8) is 0 Å². The number of carbonyl (C=O) groups is 3. The van der Waals surface area contributed by atoms with Gasteiger partial charge in [0.15, 0.2) is 0 Å². The molecule has 1 aromatic carbocycles. The zero-order valence-corrected chi connectivity index (χ0v) is 15.6. The Morgan fingerprint density at radius 2 is 1.81 bits per heavy atom. The molecule has 0 bridgehead atoms. The SMILES string of the molecule is CC1(C(=O)NC(CCC(=O)N=C(N)c2ccccc2)C(=O)O)CCCCC1. The molecule has 146 valence electrons. The molecule has 1 atom stereocenters. The van der Waals surface area contributed by atoms with Gasteiger partial charge < -0.3 is 16.2 Å². The maximum absolute atomic E-state index is 12.5. The summed E-state index contributed by atoms with van der Waals surface area (Å²) in [6.45, 7) is 1.87. The van der Waals surface area contributed by atoms with Gasteiger partial charge in [-0.2, -0.15) is 4.99 Å². The van der Waals surface area contributed by atoms with Gasteiger partial charge in [-0.1, -0.05) is 56.5 Å². The summed E-state index contributed by atoms with van der Waals surface area (Å²) >= 11 is 0. The highest BCUT2D eigenvalue weighted by molar-refractivity contribution is 6.04. The standard InChI is InChI=1S/C20H27N3O4/c1-20(12-6-3-7-13-20)19(27)22-15(18(25)26)10-11-16(24)23-17(21)14-8-4-2-5-9-14/h2,4-5,8-9,15H,3,6-7,10-13H2,1H3,(H,22,27)(H,25,26)(H2,21,23,24). The number of hydrogen-bond donors (Lipinski definition) is 3. The van der Waals surface area contributed by atoms with Crippen molar-refractivity contribution in [3.05, 3.63) is 35.9 Å². The molecule has 0 heterocycles. The smallest absolute Gasteiger partial charge is 0.326 e. The van der Waals surface area contributed by atoms with Crippen LogP contribution >= 0.6 is 0 Å². The predicted molar refractivity (Wildman–Crippen MR) is 102 cm³/mol. The second kappa shape index (κ2) is 9.30. The van der Waals surface area contributed by atoms with Crippen molar-refractivity contribution in [1.82, 2.24) is 5.32 Å². The highest BCUT2D eigenvalue weighted by atomic mass is 16.4. The largest absolute Gasteiger partial charge is 0.480 e. The molecule has 2 rings (SSSR count). The summed E-state index contributed by atoms with van der Waals surface area (Å²) in [6, 6.07) is 7.74. The van der Waals surface area contributed by atoms with E-state index in [9.17, 15) is 19.5 Å². The van der Waals surface area contributed by atoms with Gasteiger partial charge in [-0.3, -0.25) is 9.59 Å². The molecule has 0 aromatic heterocycles. The van der Waals surface area contributed by atoms with Crippen molar-refractivity contribution in [2.24, 2.45) is 16.1 Å². The summed E-state index contributed by atoms with van der Waals surface area (Å²) < 4.78 is 0. The molecule has 1 saturated carbocycles. The summed E-state index contributed by atoms with van der Waals surface area (Å²) in [7, 11) is 0. The minimum absolute atomic E-state index is 0.0262. The zero-order valence-electron chi connectivity index (χ0n) is 15.6. The zero-order chi connectivity index (χ0) is 19.9. The second-order valence-electron chi connectivity index (χ2n) is 7.28. The van der Waals surface area contributed by atoms with Crippen LogP contribution in [0.15, 0.2) is 35.3 Å². The van der Waals surface area contributed by atoms with Crippen LogP contribution in [0.2, 0.25) is 0 Å². The number of amides is 2. The molecule has 2 amide bonds. The van der Waals surface area contributed by atoms with Gasteiger partial charge in [-0.05, 0) is 19.3 Å². The third-order valence-corrected chi connectivity index (χ3v) is 5.07. The quantitative estimate of drug-likeness (QED) is 0.500. The van der Waals surface area contributed by atoms with Crippen LogP contribution in [0.25, 0.3) is 0 Å². The Kier molecular flexibility index (Phi) is 7.10. The number of carbonyl (C=O) groups excluding carboxylic acids is 2. The third kappa shape index (κ3) is 5.91. The Hall–Kier alpha value is -2.70. The predicted octanol–water partition coefficient (Wildman–Crippen LogP) is 2.24. The first-order chi connectivity index (χ1) is 12.8. The van der Waals surface area contributed by atoms with E-state index in [2.05, 4.69) is 10.3 Å². The fraction of sp³-hybridized carbons (Fsp3) is 0.500. The number of nitrogens with one attached hydrogen (secondary N) is 1. The topological polar surface area (TPSA) is 122 Å². The maximum atomic E-state index is 12.5. The van der Waals surface area contributed by atoms with Crippen LogP contribution < -0.4 is 11.1 Å². The van der Waals surface area contributed by atoms with Gasteiger partial charge in [-0.25, -0.2) is 4.79 Å². The first-order valence-corrected chi connectivity index (χ1v) is 9.28. The number of carboxylic acid groups (broad SMARTS) is 1. The van der Waals surface area contributed by atoms with Gasteiger partial charge in [-0.15, -0.1) is 0 Å². The molecule has 1 fully saturated rings. The molecule has 7 nitrogen and oxygen atoms in total. The van der Waals surface area contributed by atoms with E-state index in [0.717, 1.165) is 32.1 Å². The van der Waals surface area contributed by atoms with Gasteiger partial charge in [0.1, 0.15) is 11.9 Å². The number of amidine groups is 1. The number of aliphatic carboxylic acids is 1. The van der Waals surface area contributed by atoms with Crippen LogP contribution in [0.5, 0.6) is 0 Å². The van der Waals surface area contributed by atoms with E-state index in [0.29, 0.717) is 5.56 Å². The number of nitrogens with two attached hydrogens (primary N) is 1. The Morgan fingerprint density at radius 3 is 2.41 bits per heavy atom. The lowest BCUT2D eigenvalue weighted by Crippen LogP contribution is -2.48. The minimum atomic E-state index is -1.16. The summed E-state index contributed by atoms with van der Waals surface area (Å²) in [5, 5.41) is 12.0. The lowest BCUT2D eigenvalue weighted by atomic mass is 9.75. The molecule has 0 saturated heterocycles. The molecule has 7 heteroatoms. The summed E-state index contributed by atoms with van der Waals surface area (Å²) in [5.41, 5.74) is 5.89. The number of nitrogens with zero attached hydrogens (tertiary/aromatic N) is 1. The molecular formula is C20H27N3O4. The van der Waals surface area contributed by atoms with E-state index in [-0.39, 0.29) is 24.6 Å². The number of hydrogen-bond acceptors (Lipinski definition) is 3. The van der Waals surface area contributed by atoms with Gasteiger partial charge in [0.25, 0.3) is 0 Å². The number of benzene rings is 1. The average Bonchev–Trinajstić information content (AvgIpc) is 2.65. The van der Waals surface area contributed by atoms with E-state index >= 15 is 0 Å². The molecule has 0 spiro atoms. The molecule has 27 heavy (non-hydrogen) atoms. The molecule has 1 aliphatic carbocycles. The fourth-order valence-electron chi connectivity index (χ4n) is 3.28. The monoisotopic (exact) mass is 373 g/mol. The number of carboxylic acids is 1. The molecule has 1 unspecified atom stereocenters. The van der Waals surface area contributed by atoms with Crippen molar-refractivity contribution in [2.75, 3.05) is 0 Å². The van der Waals surface area contributed by atoms with Gasteiger partial charge in [0, 0.05) is 17.4 Å². The summed E-state index contributed by atoms with van der Waals surface area (Å²) in [5.74, 6) is -1.84. The lowest BCUT2D eigenvalue weighted by molar-refractivity contribution is -0.144. The molecule has 1 aromatic rings. The Labute approximate surface area is 159 Å². The van der Waals surface area contributed by atoms with Crippen LogP contribution in [0.1, 0.15) is 57.4 Å². The van der Waals surface area contributed by atoms with Crippen LogP contribution in [-0.2, 0) is 14.4 Å². The van der Waals surface area contributed by atoms with Crippen molar-refractivity contribution >= 4 is 23.6 Å². The van der Waals surface area contributed by atoms with Crippen molar-refractivity contribution < 1.29 is 19.5 Å². The highest BCUT2D eigenvalue weighted by Gasteiger charge is 2.36. The first-order valence-electron chi connectivity index (χ1n) is 9.28. The summed E-state index contributed by atoms with van der Waals surface area (Å²) in [6.07, 6.45) is 4.40. The number of aliphatic imine (C=N–C) groups is 1. The van der Waals surface area contributed by atoms with Crippen LogP contribution in [0, 0.1) is 5.41 Å². The summed E-state index contributed by atoms with van der Waals surface area (Å²) in [4.78, 5) is 39.9. The molecule has 0 radical (unpaired) electrons. The van der Waals surface area contributed by atoms with E-state index in [4.69, 9.17) is 5.73 Å². The minimum Gasteiger partial charge on any atom is -0.480 e. The third-order valence-electron chi connectivity index (χ3n) is 5.07. The van der Waals surface area contributed by atoms with Gasteiger partial charge in [0.05, 0.1) is 0 Å². The van der Waals surface area contributed by atoms with Crippen molar-refractivity contribution in [3.8, 4) is 0 Å². The average molecular weight is 373 g/mol. The molecule has 1 aliphatic rings. The number of rotatable bonds is 7. The molecular weight excluding hydrogens is 346 g/mol. The van der Waals surface area contributed by atoms with E-state index < -0.39 is 23.3 Å². The van der Waals surface area contributed by atoms with Crippen LogP contribution in [0.4, 0.5) is 0 Å². The van der Waals surface area contributed by atoms with Crippen molar-refractivity contribution in [2.45, 2.75) is 57.9 Å². The van der Waals surface area contributed by atoms with E-state index in [1.54, 1.807) is 24.3 Å². The van der Waals surface area contributed by atoms with Crippen LogP contribution in [0.3, 0.4) is 0 Å². The lowest BCUT2D eigenvalue weighted by Gasteiger charge is -2.33. The molecule has 0 aliphatic heterocycles. The van der Waals surface area contributed by atoms with E-state index in [1.807, 2.05) is 13.0 Å². The maximum Gasteiger partial charge on any atom is 0.326 e. The second-order valence-corrected chi connectivity index (χ2v) is 7.28. The highest BCUT2D eigenvalue weighted by Crippen LogP contribution is 2.36. The normalized spacial score (nSPS) is 17.7. The van der Waals surface area contributed by atoms with E-state index in [1.165, 1.54) is 0 Å². The Bertz CT molecular complexity index is 709. The Balaban J connectivity index is 1.93. The first kappa shape index (κ1) is 20.6. The van der Waals surface area contributed by atoms with Crippen molar-refractivity contribution in [1.29, 1.82) is 0 Å². The Morgan fingerprint density at radius 1 is 1.19 bits per heavy atom. The van der Waals surface area contributed by atoms with Gasteiger partial charge >= 0.3 is 5.97 Å². The fourth-order valence-corrected chi connectivity index (χ4v) is 3.28. The van der Waals surface area contributed by atoms with Gasteiger partial charge in [0.2, 0.25) is 11.8 Å².